The van der Waals surface area contributed by atoms with Gasteiger partial charge >= 0.3 is 0 Å². The third-order valence-electron chi connectivity index (χ3n) is 2.15. The molecule has 16 heavy (non-hydrogen) atoms. The van der Waals surface area contributed by atoms with E-state index in [0.29, 0.717) is 0 Å². The van der Waals surface area contributed by atoms with Gasteiger partial charge in [-0.15, -0.1) is 22.7 Å². The molecule has 0 spiro atoms. The van der Waals surface area contributed by atoms with Crippen LogP contribution in [0.2, 0.25) is 0 Å². The summed E-state index contributed by atoms with van der Waals surface area (Å²) in [6.45, 7) is 2.08. The standard InChI is InChI=1S/C10H8Br3NS2/c1-4-2-6(15-9(4)12)8(14)7-3-5(11)10(13)16-7/h2-3,8H,14H2,1H3. The number of hydrogen-bond donors (Lipinski definition) is 1. The van der Waals surface area contributed by atoms with E-state index in [2.05, 4.69) is 66.8 Å². The molecule has 6 heteroatoms. The average molecular weight is 446 g/mol. The van der Waals surface area contributed by atoms with E-state index < -0.39 is 0 Å². The maximum Gasteiger partial charge on any atom is 0.0843 e. The highest BCUT2D eigenvalue weighted by molar-refractivity contribution is 9.13. The van der Waals surface area contributed by atoms with Crippen molar-refractivity contribution in [2.24, 2.45) is 5.73 Å². The average Bonchev–Trinajstić information content (AvgIpc) is 2.72. The summed E-state index contributed by atoms with van der Waals surface area (Å²) in [7, 11) is 0. The van der Waals surface area contributed by atoms with Crippen LogP contribution in [-0.2, 0) is 0 Å². The largest absolute Gasteiger partial charge is 0.319 e. The van der Waals surface area contributed by atoms with Crippen molar-refractivity contribution < 1.29 is 0 Å². The normalized spacial score (nSPS) is 13.1. The molecule has 86 valence electrons. The number of thiophene rings is 2. The molecular weight excluding hydrogens is 438 g/mol. The van der Waals surface area contributed by atoms with Gasteiger partial charge in [0.25, 0.3) is 0 Å². The van der Waals surface area contributed by atoms with E-state index in [1.54, 1.807) is 22.7 Å². The van der Waals surface area contributed by atoms with Crippen LogP contribution in [0.1, 0.15) is 21.4 Å². The summed E-state index contributed by atoms with van der Waals surface area (Å²) < 4.78 is 3.31. The fraction of sp³-hybridized carbons (Fsp3) is 0.200. The minimum Gasteiger partial charge on any atom is -0.319 e. The zero-order chi connectivity index (χ0) is 11.9. The molecule has 0 bridgehead atoms. The molecule has 0 aliphatic carbocycles. The molecule has 1 nitrogen and oxygen atoms in total. The molecule has 0 radical (unpaired) electrons. The minimum absolute atomic E-state index is 0.0393. The molecule has 0 saturated carbocycles. The van der Waals surface area contributed by atoms with E-state index in [0.717, 1.165) is 16.9 Å². The van der Waals surface area contributed by atoms with Gasteiger partial charge in [-0.2, -0.15) is 0 Å². The van der Waals surface area contributed by atoms with E-state index in [4.69, 9.17) is 5.73 Å². The van der Waals surface area contributed by atoms with Gasteiger partial charge < -0.3 is 5.73 Å². The van der Waals surface area contributed by atoms with E-state index in [-0.39, 0.29) is 6.04 Å². The van der Waals surface area contributed by atoms with Crippen molar-refractivity contribution in [3.63, 3.8) is 0 Å². The van der Waals surface area contributed by atoms with Crippen LogP contribution in [0.3, 0.4) is 0 Å². The van der Waals surface area contributed by atoms with Crippen LogP contribution in [0.4, 0.5) is 0 Å². The number of aryl methyl sites for hydroxylation is 1. The number of nitrogens with two attached hydrogens (primary N) is 1. The van der Waals surface area contributed by atoms with Gasteiger partial charge in [-0.1, -0.05) is 0 Å². The summed E-state index contributed by atoms with van der Waals surface area (Å²) in [5.74, 6) is 0. The molecule has 1 atom stereocenters. The van der Waals surface area contributed by atoms with Crippen LogP contribution in [0.25, 0.3) is 0 Å². The number of halogens is 3. The number of hydrogen-bond acceptors (Lipinski definition) is 3. The van der Waals surface area contributed by atoms with Crippen molar-refractivity contribution in [1.29, 1.82) is 0 Å². The Morgan fingerprint density at radius 2 is 1.62 bits per heavy atom. The summed E-state index contributed by atoms with van der Waals surface area (Å²) in [4.78, 5) is 2.35. The first kappa shape index (κ1) is 13.2. The molecule has 2 heterocycles. The van der Waals surface area contributed by atoms with Crippen LogP contribution in [-0.4, -0.2) is 0 Å². The second-order valence-electron chi connectivity index (χ2n) is 3.35. The highest BCUT2D eigenvalue weighted by Gasteiger charge is 2.16. The van der Waals surface area contributed by atoms with Crippen LogP contribution in [0.15, 0.2) is 24.2 Å². The smallest absolute Gasteiger partial charge is 0.0843 e. The van der Waals surface area contributed by atoms with E-state index in [1.165, 1.54) is 10.4 Å². The van der Waals surface area contributed by atoms with Gasteiger partial charge in [-0.3, -0.25) is 0 Å². The lowest BCUT2D eigenvalue weighted by Crippen LogP contribution is -2.07. The van der Waals surface area contributed by atoms with Crippen molar-refractivity contribution in [2.45, 2.75) is 13.0 Å². The fourth-order valence-electron chi connectivity index (χ4n) is 1.29. The summed E-state index contributed by atoms with van der Waals surface area (Å²) in [5, 5.41) is 0. The molecule has 2 aromatic heterocycles. The second-order valence-corrected chi connectivity index (χ2v) is 9.01. The first-order valence-electron chi connectivity index (χ1n) is 4.45. The predicted molar refractivity (Wildman–Crippen MR) is 82.5 cm³/mol. The van der Waals surface area contributed by atoms with Crippen molar-refractivity contribution in [1.82, 2.24) is 0 Å². The molecular formula is C10H8Br3NS2. The minimum atomic E-state index is -0.0393. The topological polar surface area (TPSA) is 26.0 Å². The van der Waals surface area contributed by atoms with Crippen molar-refractivity contribution in [3.05, 3.63) is 39.5 Å². The Morgan fingerprint density at radius 1 is 1.06 bits per heavy atom. The van der Waals surface area contributed by atoms with Gasteiger partial charge in [0.2, 0.25) is 0 Å². The molecule has 0 aliphatic heterocycles. The molecule has 0 aromatic carbocycles. The van der Waals surface area contributed by atoms with Crippen LogP contribution in [0, 0.1) is 6.92 Å². The monoisotopic (exact) mass is 443 g/mol. The summed E-state index contributed by atoms with van der Waals surface area (Å²) in [6, 6.07) is 4.17. The fourth-order valence-corrected chi connectivity index (χ4v) is 5.07. The van der Waals surface area contributed by atoms with Crippen molar-refractivity contribution in [3.8, 4) is 0 Å². The highest BCUT2D eigenvalue weighted by Crippen LogP contribution is 2.39. The van der Waals surface area contributed by atoms with Gasteiger partial charge in [0.05, 0.1) is 13.6 Å². The number of rotatable bonds is 2. The molecule has 0 fully saturated rings. The molecule has 0 amide bonds. The Hall–Kier alpha value is 0.800. The SMILES string of the molecule is Cc1cc(C(N)c2cc(Br)c(Br)s2)sc1Br. The first-order chi connectivity index (χ1) is 7.49. The molecule has 2 N–H and O–H groups in total. The van der Waals surface area contributed by atoms with Gasteiger partial charge in [-0.05, 0) is 72.4 Å². The van der Waals surface area contributed by atoms with Crippen molar-refractivity contribution >= 4 is 70.5 Å². The third kappa shape index (κ3) is 2.62. The summed E-state index contributed by atoms with van der Waals surface area (Å²) >= 11 is 13.9. The molecule has 0 saturated heterocycles. The van der Waals surface area contributed by atoms with Crippen LogP contribution < -0.4 is 5.73 Å². The van der Waals surface area contributed by atoms with Gasteiger partial charge in [0, 0.05) is 14.2 Å². The van der Waals surface area contributed by atoms with E-state index in [1.807, 2.05) is 0 Å². The molecule has 1 unspecified atom stereocenters. The van der Waals surface area contributed by atoms with E-state index >= 15 is 0 Å². The lowest BCUT2D eigenvalue weighted by atomic mass is 10.2. The first-order valence-corrected chi connectivity index (χ1v) is 8.46. The third-order valence-corrected chi connectivity index (χ3v) is 7.71. The van der Waals surface area contributed by atoms with Crippen molar-refractivity contribution in [2.75, 3.05) is 0 Å². The molecule has 2 aromatic rings. The Balaban J connectivity index is 2.34. The predicted octanol–water partition coefficient (Wildman–Crippen LogP) is 5.45. The van der Waals surface area contributed by atoms with Gasteiger partial charge in [0.15, 0.2) is 0 Å². The van der Waals surface area contributed by atoms with Gasteiger partial charge in [0.1, 0.15) is 0 Å². The highest BCUT2D eigenvalue weighted by atomic mass is 79.9. The maximum atomic E-state index is 6.24. The Labute approximate surface area is 127 Å². The van der Waals surface area contributed by atoms with E-state index in [9.17, 15) is 0 Å². The Bertz CT molecular complexity index is 433. The quantitative estimate of drug-likeness (QED) is 0.653. The summed E-state index contributed by atoms with van der Waals surface area (Å²) in [5.41, 5.74) is 7.48. The lowest BCUT2D eigenvalue weighted by molar-refractivity contribution is 0.916. The Morgan fingerprint density at radius 3 is 2.06 bits per heavy atom. The van der Waals surface area contributed by atoms with Gasteiger partial charge in [-0.25, -0.2) is 0 Å². The van der Waals surface area contributed by atoms with Crippen LogP contribution >= 0.6 is 70.5 Å². The molecule has 2 rings (SSSR count). The molecule has 0 aliphatic rings. The Kier molecular flexibility index (Phi) is 4.30. The van der Waals surface area contributed by atoms with Crippen LogP contribution in [0.5, 0.6) is 0 Å². The zero-order valence-electron chi connectivity index (χ0n) is 8.26. The second kappa shape index (κ2) is 5.20. The maximum absolute atomic E-state index is 6.24. The zero-order valence-corrected chi connectivity index (χ0v) is 14.7. The summed E-state index contributed by atoms with van der Waals surface area (Å²) in [6.07, 6.45) is 0. The lowest BCUT2D eigenvalue weighted by Gasteiger charge is -2.05.